The van der Waals surface area contributed by atoms with Gasteiger partial charge in [0.2, 0.25) is 11.8 Å². The number of anilines is 2. The lowest BCUT2D eigenvalue weighted by molar-refractivity contribution is -0.122. The van der Waals surface area contributed by atoms with Crippen molar-refractivity contribution in [2.75, 3.05) is 16.8 Å². The molecule has 1 N–H and O–H groups in total. The molecule has 0 unspecified atom stereocenters. The maximum Gasteiger partial charge on any atom is 0.229 e. The lowest BCUT2D eigenvalue weighted by Gasteiger charge is -2.20. The van der Waals surface area contributed by atoms with Crippen molar-refractivity contribution in [3.05, 3.63) is 59.7 Å². The minimum absolute atomic E-state index is 0.0466. The van der Waals surface area contributed by atoms with Gasteiger partial charge in [-0.2, -0.15) is 5.26 Å². The number of para-hydroxylation sites is 2. The first-order valence-electron chi connectivity index (χ1n) is 8.32. The first-order valence-corrected chi connectivity index (χ1v) is 8.32. The van der Waals surface area contributed by atoms with Gasteiger partial charge in [0.1, 0.15) is 6.07 Å². The smallest absolute Gasteiger partial charge is 0.229 e. The molecule has 0 saturated carbocycles. The number of nitrogens with zero attached hydrogens (tertiary/aromatic N) is 2. The van der Waals surface area contributed by atoms with Crippen molar-refractivity contribution >= 4 is 23.2 Å². The third-order valence-corrected chi connectivity index (χ3v) is 4.46. The van der Waals surface area contributed by atoms with E-state index in [0.717, 1.165) is 17.7 Å². The topological polar surface area (TPSA) is 73.2 Å². The van der Waals surface area contributed by atoms with Crippen LogP contribution in [0.2, 0.25) is 0 Å². The van der Waals surface area contributed by atoms with Gasteiger partial charge in [0.25, 0.3) is 0 Å². The normalized spacial score (nSPS) is 16.6. The van der Waals surface area contributed by atoms with E-state index in [1.54, 1.807) is 29.2 Å². The van der Waals surface area contributed by atoms with E-state index in [0.29, 0.717) is 17.8 Å². The van der Waals surface area contributed by atoms with Crippen LogP contribution in [0, 0.1) is 17.2 Å². The van der Waals surface area contributed by atoms with Gasteiger partial charge in [-0.15, -0.1) is 0 Å². The lowest BCUT2D eigenvalue weighted by atomic mass is 10.1. The number of carbonyl (C=O) groups excluding carboxylic acids is 2. The molecule has 3 rings (SSSR count). The molecule has 5 heteroatoms. The fourth-order valence-corrected chi connectivity index (χ4v) is 3.11. The molecule has 1 saturated heterocycles. The number of amides is 2. The molecule has 0 bridgehead atoms. The molecule has 1 fully saturated rings. The average molecular weight is 333 g/mol. The van der Waals surface area contributed by atoms with Crippen molar-refractivity contribution in [2.24, 2.45) is 5.92 Å². The molecular weight excluding hydrogens is 314 g/mol. The van der Waals surface area contributed by atoms with E-state index in [1.165, 1.54) is 0 Å². The van der Waals surface area contributed by atoms with Crippen LogP contribution in [0.4, 0.5) is 11.4 Å². The SMILES string of the molecule is CCc1ccccc1N1C[C@@H](C(=O)Nc2ccccc2C#N)CC1=O. The Kier molecular flexibility index (Phi) is 4.80. The molecular formula is C20H19N3O2. The number of hydrogen-bond acceptors (Lipinski definition) is 3. The summed E-state index contributed by atoms with van der Waals surface area (Å²) in [7, 11) is 0. The summed E-state index contributed by atoms with van der Waals surface area (Å²) in [6.07, 6.45) is 1.00. The molecule has 0 aliphatic carbocycles. The second kappa shape index (κ2) is 7.18. The standard InChI is InChI=1S/C20H19N3O2/c1-2-14-7-4-6-10-18(14)23-13-16(11-19(23)24)20(25)22-17-9-5-3-8-15(17)12-21/h3-10,16H,2,11,13H2,1H3,(H,22,25)/t16-/m0/s1. The van der Waals surface area contributed by atoms with Crippen LogP contribution in [0.5, 0.6) is 0 Å². The lowest BCUT2D eigenvalue weighted by Crippen LogP contribution is -2.28. The second-order valence-electron chi connectivity index (χ2n) is 6.03. The molecule has 2 aromatic carbocycles. The third kappa shape index (κ3) is 3.38. The molecule has 0 radical (unpaired) electrons. The third-order valence-electron chi connectivity index (χ3n) is 4.46. The summed E-state index contributed by atoms with van der Waals surface area (Å²) in [6, 6.07) is 16.7. The summed E-state index contributed by atoms with van der Waals surface area (Å²) in [6.45, 7) is 2.40. The minimum atomic E-state index is -0.427. The number of carbonyl (C=O) groups is 2. The zero-order valence-electron chi connectivity index (χ0n) is 14.0. The summed E-state index contributed by atoms with van der Waals surface area (Å²) in [5.74, 6) is -0.702. The van der Waals surface area contributed by atoms with Gasteiger partial charge in [-0.1, -0.05) is 37.3 Å². The Morgan fingerprint density at radius 2 is 1.96 bits per heavy atom. The largest absolute Gasteiger partial charge is 0.325 e. The molecule has 2 aromatic rings. The average Bonchev–Trinajstić information content (AvgIpc) is 3.03. The number of benzene rings is 2. The van der Waals surface area contributed by atoms with Crippen LogP contribution in [0.15, 0.2) is 48.5 Å². The highest BCUT2D eigenvalue weighted by Gasteiger charge is 2.35. The molecule has 2 amide bonds. The number of hydrogen-bond donors (Lipinski definition) is 1. The monoisotopic (exact) mass is 333 g/mol. The fraction of sp³-hybridized carbons (Fsp3) is 0.250. The van der Waals surface area contributed by atoms with Gasteiger partial charge in [-0.25, -0.2) is 0 Å². The van der Waals surface area contributed by atoms with E-state index < -0.39 is 5.92 Å². The Bertz CT molecular complexity index is 854. The molecule has 1 aliphatic heterocycles. The van der Waals surface area contributed by atoms with E-state index in [-0.39, 0.29) is 18.2 Å². The Balaban J connectivity index is 1.76. The summed E-state index contributed by atoms with van der Waals surface area (Å²) in [4.78, 5) is 26.7. The highest BCUT2D eigenvalue weighted by Crippen LogP contribution is 2.29. The van der Waals surface area contributed by atoms with Gasteiger partial charge in [0.15, 0.2) is 0 Å². The predicted octanol–water partition coefficient (Wildman–Crippen LogP) is 3.11. The van der Waals surface area contributed by atoms with Gasteiger partial charge in [0.05, 0.1) is 17.2 Å². The Morgan fingerprint density at radius 1 is 1.24 bits per heavy atom. The zero-order chi connectivity index (χ0) is 17.8. The van der Waals surface area contributed by atoms with Crippen molar-refractivity contribution in [1.82, 2.24) is 0 Å². The number of rotatable bonds is 4. The van der Waals surface area contributed by atoms with E-state index >= 15 is 0 Å². The summed E-state index contributed by atoms with van der Waals surface area (Å²) in [5.41, 5.74) is 2.86. The van der Waals surface area contributed by atoms with Gasteiger partial charge in [-0.05, 0) is 30.2 Å². The van der Waals surface area contributed by atoms with Crippen molar-refractivity contribution in [2.45, 2.75) is 19.8 Å². The Labute approximate surface area is 146 Å². The Hall–Kier alpha value is -3.13. The van der Waals surface area contributed by atoms with Crippen LogP contribution in [0.1, 0.15) is 24.5 Å². The molecule has 0 aromatic heterocycles. The molecule has 1 heterocycles. The zero-order valence-corrected chi connectivity index (χ0v) is 14.0. The molecule has 5 nitrogen and oxygen atoms in total. The minimum Gasteiger partial charge on any atom is -0.325 e. The number of aryl methyl sites for hydroxylation is 1. The molecule has 126 valence electrons. The maximum atomic E-state index is 12.6. The van der Waals surface area contributed by atoms with Crippen molar-refractivity contribution in [3.8, 4) is 6.07 Å². The highest BCUT2D eigenvalue weighted by atomic mass is 16.2. The molecule has 1 atom stereocenters. The van der Waals surface area contributed by atoms with Crippen molar-refractivity contribution in [3.63, 3.8) is 0 Å². The van der Waals surface area contributed by atoms with Crippen LogP contribution in [-0.4, -0.2) is 18.4 Å². The maximum absolute atomic E-state index is 12.6. The van der Waals surface area contributed by atoms with Gasteiger partial charge in [-0.3, -0.25) is 9.59 Å². The van der Waals surface area contributed by atoms with Crippen LogP contribution in [0.25, 0.3) is 0 Å². The van der Waals surface area contributed by atoms with Crippen molar-refractivity contribution in [1.29, 1.82) is 5.26 Å². The van der Waals surface area contributed by atoms with E-state index in [2.05, 4.69) is 11.4 Å². The van der Waals surface area contributed by atoms with E-state index in [4.69, 9.17) is 5.26 Å². The van der Waals surface area contributed by atoms with Crippen molar-refractivity contribution < 1.29 is 9.59 Å². The first-order chi connectivity index (χ1) is 12.1. The number of nitrogens with one attached hydrogen (secondary N) is 1. The quantitative estimate of drug-likeness (QED) is 0.934. The fourth-order valence-electron chi connectivity index (χ4n) is 3.11. The summed E-state index contributed by atoms with van der Waals surface area (Å²) < 4.78 is 0. The van der Waals surface area contributed by atoms with E-state index in [1.807, 2.05) is 31.2 Å². The summed E-state index contributed by atoms with van der Waals surface area (Å²) >= 11 is 0. The van der Waals surface area contributed by atoms with Gasteiger partial charge < -0.3 is 10.2 Å². The molecule has 25 heavy (non-hydrogen) atoms. The number of nitriles is 1. The Morgan fingerprint density at radius 3 is 2.72 bits per heavy atom. The van der Waals surface area contributed by atoms with Crippen LogP contribution in [-0.2, 0) is 16.0 Å². The second-order valence-corrected chi connectivity index (χ2v) is 6.03. The van der Waals surface area contributed by atoms with Gasteiger partial charge >= 0.3 is 0 Å². The predicted molar refractivity (Wildman–Crippen MR) is 96.1 cm³/mol. The molecule has 1 aliphatic rings. The highest BCUT2D eigenvalue weighted by molar-refractivity contribution is 6.04. The van der Waals surface area contributed by atoms with Crippen LogP contribution in [0.3, 0.4) is 0 Å². The molecule has 0 spiro atoms. The van der Waals surface area contributed by atoms with Crippen LogP contribution >= 0.6 is 0 Å². The summed E-state index contributed by atoms with van der Waals surface area (Å²) in [5, 5.41) is 11.9. The van der Waals surface area contributed by atoms with Crippen LogP contribution < -0.4 is 10.2 Å². The van der Waals surface area contributed by atoms with E-state index in [9.17, 15) is 9.59 Å². The van der Waals surface area contributed by atoms with Gasteiger partial charge in [0, 0.05) is 18.7 Å². The first kappa shape index (κ1) is 16.7.